The lowest BCUT2D eigenvalue weighted by Crippen LogP contribution is -2.43. The lowest BCUT2D eigenvalue weighted by atomic mass is 9.96. The van der Waals surface area contributed by atoms with E-state index in [1.807, 2.05) is 0 Å². The smallest absolute Gasteiger partial charge is 0.416 e. The van der Waals surface area contributed by atoms with E-state index in [1.165, 1.54) is 33.3 Å². The molecule has 1 atom stereocenters. The van der Waals surface area contributed by atoms with E-state index in [2.05, 4.69) is 10.3 Å². The molecule has 0 radical (unpaired) electrons. The van der Waals surface area contributed by atoms with Crippen LogP contribution in [0.5, 0.6) is 11.5 Å². The Morgan fingerprint density at radius 3 is 1.79 bits per heavy atom. The molecule has 254 valence electrons. The summed E-state index contributed by atoms with van der Waals surface area (Å²) in [5.74, 6) is -3.09. The fraction of sp³-hybridized carbons (Fsp3) is 0.355. The van der Waals surface area contributed by atoms with Crippen LogP contribution in [0.1, 0.15) is 59.6 Å². The highest BCUT2D eigenvalue weighted by molar-refractivity contribution is 5.98. The van der Waals surface area contributed by atoms with E-state index in [0.29, 0.717) is 0 Å². The molecule has 0 spiro atoms. The van der Waals surface area contributed by atoms with Gasteiger partial charge in [0.1, 0.15) is 6.04 Å². The molecular weight excluding hydrogens is 640 g/mol. The monoisotopic (exact) mass is 671 g/mol. The number of halogens is 6. The van der Waals surface area contributed by atoms with Crippen LogP contribution in [0.15, 0.2) is 60.8 Å². The predicted octanol–water partition coefficient (Wildman–Crippen LogP) is 5.96. The van der Waals surface area contributed by atoms with E-state index in [4.69, 9.17) is 19.0 Å². The maximum Gasteiger partial charge on any atom is 0.416 e. The first kappa shape index (κ1) is 36.6. The van der Waals surface area contributed by atoms with E-state index in [9.17, 15) is 40.7 Å². The zero-order valence-corrected chi connectivity index (χ0v) is 25.7. The number of hydrogen-bond donors (Lipinski definition) is 1. The van der Waals surface area contributed by atoms with E-state index >= 15 is 0 Å². The number of esters is 1. The van der Waals surface area contributed by atoms with Crippen molar-refractivity contribution in [3.63, 3.8) is 0 Å². The van der Waals surface area contributed by atoms with Crippen LogP contribution in [0.3, 0.4) is 0 Å². The number of amides is 1. The second kappa shape index (κ2) is 15.2. The summed E-state index contributed by atoms with van der Waals surface area (Å²) in [6, 6.07) is 6.45. The molecule has 47 heavy (non-hydrogen) atoms. The summed E-state index contributed by atoms with van der Waals surface area (Å²) >= 11 is 0. The third kappa shape index (κ3) is 9.57. The number of rotatable bonds is 12. The molecule has 0 saturated heterocycles. The Bertz CT molecular complexity index is 1490. The van der Waals surface area contributed by atoms with Crippen LogP contribution in [-0.2, 0) is 31.5 Å². The first-order chi connectivity index (χ1) is 21.9. The maximum atomic E-state index is 13.2. The van der Waals surface area contributed by atoms with Gasteiger partial charge in [0.25, 0.3) is 5.91 Å². The Morgan fingerprint density at radius 1 is 0.830 bits per heavy atom. The number of hydroxylamine groups is 2. The molecule has 0 bridgehead atoms. The first-order valence-corrected chi connectivity index (χ1v) is 13.9. The van der Waals surface area contributed by atoms with E-state index in [1.54, 1.807) is 13.8 Å². The molecule has 0 saturated carbocycles. The Kier molecular flexibility index (Phi) is 11.8. The zero-order valence-electron chi connectivity index (χ0n) is 25.7. The minimum Gasteiger partial charge on any atom is -0.493 e. The number of nitrogens with zero attached hydrogens (tertiary/aromatic N) is 2. The van der Waals surface area contributed by atoms with Gasteiger partial charge in [-0.15, -0.1) is 5.06 Å². The van der Waals surface area contributed by atoms with Crippen molar-refractivity contribution >= 4 is 17.8 Å². The molecule has 1 N–H and O–H groups in total. The number of ether oxygens (including phenoxy) is 3. The fourth-order valence-corrected chi connectivity index (χ4v) is 4.12. The van der Waals surface area contributed by atoms with Crippen LogP contribution < -0.4 is 14.8 Å². The number of aromatic nitrogens is 1. The Balaban J connectivity index is 1.82. The van der Waals surface area contributed by atoms with E-state index in [-0.39, 0.29) is 28.3 Å². The van der Waals surface area contributed by atoms with E-state index in [0.717, 1.165) is 53.6 Å². The normalized spacial score (nSPS) is 12.6. The molecule has 1 amide bonds. The summed E-state index contributed by atoms with van der Waals surface area (Å²) in [6.07, 6.45) is -8.05. The average Bonchev–Trinajstić information content (AvgIpc) is 3.00. The number of benzene rings is 2. The highest BCUT2D eigenvalue weighted by Crippen LogP contribution is 2.35. The van der Waals surface area contributed by atoms with Crippen molar-refractivity contribution in [2.75, 3.05) is 21.0 Å². The number of methoxy groups -OCH3 is 1. The van der Waals surface area contributed by atoms with Crippen molar-refractivity contribution in [3.05, 3.63) is 88.7 Å². The average molecular weight is 672 g/mol. The first-order valence-electron chi connectivity index (χ1n) is 13.9. The lowest BCUT2D eigenvalue weighted by Gasteiger charge is -2.29. The maximum absolute atomic E-state index is 13.2. The van der Waals surface area contributed by atoms with Crippen LogP contribution in [0, 0.1) is 5.92 Å². The van der Waals surface area contributed by atoms with Gasteiger partial charge in [0, 0.05) is 19.3 Å². The van der Waals surface area contributed by atoms with Crippen LogP contribution in [-0.4, -0.2) is 54.9 Å². The summed E-state index contributed by atoms with van der Waals surface area (Å²) < 4.78 is 94.7. The molecule has 3 aromatic rings. The second-order valence-electron chi connectivity index (χ2n) is 10.4. The van der Waals surface area contributed by atoms with Gasteiger partial charge in [-0.2, -0.15) is 26.3 Å². The SMILES string of the molecule is COc1ccnc(C(=O)N[C@@H](C)C(=O)ON(C)C(c2ccc(C(F)(F)F)cc2)c2ccc(C(F)(F)F)cc2)c1OCOC(=O)C(C)C. The standard InChI is InChI=1S/C31H31F6N3O7/c1-17(2)28(42)46-16-45-26-23(44-5)14-15-38-24(26)27(41)39-18(3)29(43)47-40(4)25(19-6-10-21(11-7-19)30(32,33)34)20-8-12-22(13-9-20)31(35,36)37/h6-15,17-18,25H,16H2,1-5H3,(H,39,41)/t18-/m0/s1. The topological polar surface area (TPSA) is 116 Å². The van der Waals surface area contributed by atoms with Gasteiger partial charge >= 0.3 is 24.3 Å². The predicted molar refractivity (Wildman–Crippen MR) is 153 cm³/mol. The largest absolute Gasteiger partial charge is 0.493 e. The summed E-state index contributed by atoms with van der Waals surface area (Å²) in [5, 5.41) is 3.32. The third-order valence-corrected chi connectivity index (χ3v) is 6.59. The molecule has 0 aliphatic heterocycles. The van der Waals surface area contributed by atoms with Crippen molar-refractivity contribution in [2.24, 2.45) is 5.92 Å². The second-order valence-corrected chi connectivity index (χ2v) is 10.4. The molecule has 0 unspecified atom stereocenters. The van der Waals surface area contributed by atoms with Gasteiger partial charge in [-0.3, -0.25) is 9.59 Å². The molecule has 0 fully saturated rings. The van der Waals surface area contributed by atoms with Crippen LogP contribution in [0.2, 0.25) is 0 Å². The van der Waals surface area contributed by atoms with E-state index < -0.39 is 66.1 Å². The van der Waals surface area contributed by atoms with Crippen molar-refractivity contribution in [3.8, 4) is 11.5 Å². The highest BCUT2D eigenvalue weighted by Gasteiger charge is 2.33. The molecular formula is C31H31F6N3O7. The lowest BCUT2D eigenvalue weighted by molar-refractivity contribution is -0.193. The van der Waals surface area contributed by atoms with Crippen LogP contribution >= 0.6 is 0 Å². The fourth-order valence-electron chi connectivity index (χ4n) is 4.12. The summed E-state index contributed by atoms with van der Waals surface area (Å²) in [4.78, 5) is 47.3. The molecule has 0 aliphatic carbocycles. The highest BCUT2D eigenvalue weighted by atomic mass is 19.4. The Morgan fingerprint density at radius 2 is 1.34 bits per heavy atom. The Hall–Kier alpha value is -4.86. The minimum absolute atomic E-state index is 0.0663. The van der Waals surface area contributed by atoms with Gasteiger partial charge in [0.05, 0.1) is 30.2 Å². The molecule has 1 aromatic heterocycles. The molecule has 3 rings (SSSR count). The Labute approximate surface area is 265 Å². The number of alkyl halides is 6. The number of carbonyl (C=O) groups excluding carboxylic acids is 3. The number of hydrogen-bond acceptors (Lipinski definition) is 9. The quantitative estimate of drug-likeness (QED) is 0.108. The molecule has 10 nitrogen and oxygen atoms in total. The third-order valence-electron chi connectivity index (χ3n) is 6.59. The van der Waals surface area contributed by atoms with Gasteiger partial charge in [0.2, 0.25) is 6.79 Å². The summed E-state index contributed by atoms with van der Waals surface area (Å²) in [5.41, 5.74) is -1.94. The molecule has 2 aromatic carbocycles. The molecule has 0 aliphatic rings. The van der Waals surface area contributed by atoms with Crippen molar-refractivity contribution in [1.82, 2.24) is 15.4 Å². The summed E-state index contributed by atoms with van der Waals surface area (Å²) in [6.45, 7) is 3.92. The molecule has 16 heteroatoms. The van der Waals surface area contributed by atoms with Crippen LogP contribution in [0.25, 0.3) is 0 Å². The summed E-state index contributed by atoms with van der Waals surface area (Å²) in [7, 11) is 2.55. The number of nitrogens with one attached hydrogen (secondary N) is 1. The van der Waals surface area contributed by atoms with Crippen molar-refractivity contribution in [2.45, 2.75) is 45.2 Å². The van der Waals surface area contributed by atoms with Gasteiger partial charge in [-0.05, 0) is 42.3 Å². The minimum atomic E-state index is -4.64. The number of carbonyl (C=O) groups is 3. The van der Waals surface area contributed by atoms with Gasteiger partial charge < -0.3 is 24.4 Å². The molecule has 1 heterocycles. The number of pyridine rings is 1. The van der Waals surface area contributed by atoms with Gasteiger partial charge in [-0.1, -0.05) is 38.1 Å². The van der Waals surface area contributed by atoms with Crippen LogP contribution in [0.4, 0.5) is 26.3 Å². The van der Waals surface area contributed by atoms with Crippen molar-refractivity contribution in [1.29, 1.82) is 0 Å². The van der Waals surface area contributed by atoms with Gasteiger partial charge in [0.15, 0.2) is 17.2 Å². The zero-order chi connectivity index (χ0) is 35.1. The van der Waals surface area contributed by atoms with Gasteiger partial charge in [-0.25, -0.2) is 9.78 Å². The van der Waals surface area contributed by atoms with Crippen molar-refractivity contribution < 1.29 is 59.8 Å².